The summed E-state index contributed by atoms with van der Waals surface area (Å²) in [6.07, 6.45) is 0.417. The Labute approximate surface area is 143 Å². The number of nitrogens with zero attached hydrogens (tertiary/aromatic N) is 2. The predicted octanol–water partition coefficient (Wildman–Crippen LogP) is 3.53. The zero-order valence-corrected chi connectivity index (χ0v) is 14.6. The Hall–Kier alpha value is -1.01. The van der Waals surface area contributed by atoms with Gasteiger partial charge >= 0.3 is 0 Å². The molecule has 126 valence electrons. The molecule has 0 saturated carbocycles. The molecule has 0 spiro atoms. The Kier molecular flexibility index (Phi) is 5.01. The molecule has 0 N–H and O–H groups in total. The summed E-state index contributed by atoms with van der Waals surface area (Å²) in [5, 5.41) is 0. The van der Waals surface area contributed by atoms with E-state index in [1.807, 2.05) is 12.1 Å². The zero-order chi connectivity index (χ0) is 16.4. The fourth-order valence-electron chi connectivity index (χ4n) is 3.38. The number of halogens is 3. The maximum atomic E-state index is 13.2. The number of carbonyl (C=O) groups excluding carboxylic acids is 1. The second kappa shape index (κ2) is 6.85. The minimum atomic E-state index is -2.60. The van der Waals surface area contributed by atoms with Crippen molar-refractivity contribution in [1.29, 1.82) is 0 Å². The molecular weight excluding hydrogens is 366 g/mol. The number of piperidine rings is 1. The van der Waals surface area contributed by atoms with E-state index in [2.05, 4.69) is 33.0 Å². The van der Waals surface area contributed by atoms with Crippen molar-refractivity contribution in [1.82, 2.24) is 9.80 Å². The van der Waals surface area contributed by atoms with E-state index in [0.29, 0.717) is 0 Å². The van der Waals surface area contributed by atoms with E-state index in [9.17, 15) is 13.6 Å². The molecule has 23 heavy (non-hydrogen) atoms. The minimum absolute atomic E-state index is 0.0473. The number of likely N-dealkylation sites (tertiary alicyclic amines) is 2. The van der Waals surface area contributed by atoms with E-state index in [-0.39, 0.29) is 37.8 Å². The number of hydrogen-bond donors (Lipinski definition) is 0. The first kappa shape index (κ1) is 16.8. The van der Waals surface area contributed by atoms with E-state index < -0.39 is 5.92 Å². The van der Waals surface area contributed by atoms with Crippen LogP contribution in [0.3, 0.4) is 0 Å². The summed E-state index contributed by atoms with van der Waals surface area (Å²) < 4.78 is 27.5. The first-order valence-electron chi connectivity index (χ1n) is 8.06. The molecule has 1 aromatic rings. The normalized spacial score (nSPS) is 24.8. The van der Waals surface area contributed by atoms with Gasteiger partial charge in [-0.25, -0.2) is 8.78 Å². The van der Waals surface area contributed by atoms with Gasteiger partial charge in [0.1, 0.15) is 0 Å². The molecule has 1 aromatic carbocycles. The average molecular weight is 387 g/mol. The quantitative estimate of drug-likeness (QED) is 0.793. The molecule has 0 radical (unpaired) electrons. The second-order valence-corrected chi connectivity index (χ2v) is 7.45. The average Bonchev–Trinajstić information content (AvgIpc) is 2.95. The van der Waals surface area contributed by atoms with Crippen molar-refractivity contribution in [3.8, 4) is 0 Å². The highest BCUT2D eigenvalue weighted by Gasteiger charge is 2.38. The van der Waals surface area contributed by atoms with E-state index in [0.717, 1.165) is 30.5 Å². The second-order valence-electron chi connectivity index (χ2n) is 6.53. The lowest BCUT2D eigenvalue weighted by molar-refractivity contribution is -0.141. The molecule has 1 atom stereocenters. The van der Waals surface area contributed by atoms with Crippen molar-refractivity contribution in [3.63, 3.8) is 0 Å². The summed E-state index contributed by atoms with van der Waals surface area (Å²) in [6.45, 7) is 2.80. The van der Waals surface area contributed by atoms with Gasteiger partial charge in [-0.3, -0.25) is 9.69 Å². The van der Waals surface area contributed by atoms with Gasteiger partial charge in [0.05, 0.1) is 5.92 Å². The Morgan fingerprint density at radius 3 is 2.70 bits per heavy atom. The molecule has 2 heterocycles. The van der Waals surface area contributed by atoms with Gasteiger partial charge in [-0.1, -0.05) is 28.1 Å². The van der Waals surface area contributed by atoms with Crippen LogP contribution in [0.1, 0.15) is 24.8 Å². The summed E-state index contributed by atoms with van der Waals surface area (Å²) in [7, 11) is 0. The minimum Gasteiger partial charge on any atom is -0.342 e. The Morgan fingerprint density at radius 1 is 1.26 bits per heavy atom. The third kappa shape index (κ3) is 4.29. The van der Waals surface area contributed by atoms with Crippen molar-refractivity contribution in [2.75, 3.05) is 26.2 Å². The molecule has 3 rings (SSSR count). The summed E-state index contributed by atoms with van der Waals surface area (Å²) in [6, 6.07) is 8.16. The van der Waals surface area contributed by atoms with Crippen LogP contribution in [0.15, 0.2) is 28.7 Å². The molecule has 2 aliphatic rings. The van der Waals surface area contributed by atoms with Gasteiger partial charge < -0.3 is 4.90 Å². The first-order valence-corrected chi connectivity index (χ1v) is 8.86. The largest absolute Gasteiger partial charge is 0.342 e. The van der Waals surface area contributed by atoms with Crippen molar-refractivity contribution in [2.45, 2.75) is 31.7 Å². The maximum Gasteiger partial charge on any atom is 0.251 e. The van der Waals surface area contributed by atoms with Crippen LogP contribution in [0.5, 0.6) is 0 Å². The fraction of sp³-hybridized carbons (Fsp3) is 0.588. The molecule has 2 aliphatic heterocycles. The van der Waals surface area contributed by atoms with Gasteiger partial charge in [-0.05, 0) is 30.7 Å². The predicted molar refractivity (Wildman–Crippen MR) is 88.3 cm³/mol. The van der Waals surface area contributed by atoms with Crippen molar-refractivity contribution >= 4 is 21.8 Å². The highest BCUT2D eigenvalue weighted by Crippen LogP contribution is 2.29. The lowest BCUT2D eigenvalue weighted by Gasteiger charge is -2.33. The molecule has 2 saturated heterocycles. The van der Waals surface area contributed by atoms with Crippen LogP contribution in [0.4, 0.5) is 8.78 Å². The van der Waals surface area contributed by atoms with Crippen LogP contribution >= 0.6 is 15.9 Å². The van der Waals surface area contributed by atoms with E-state index in [1.165, 1.54) is 5.56 Å². The molecular formula is C17H21BrF2N2O. The van der Waals surface area contributed by atoms with Crippen LogP contribution in [-0.2, 0) is 11.3 Å². The highest BCUT2D eigenvalue weighted by molar-refractivity contribution is 9.10. The van der Waals surface area contributed by atoms with Gasteiger partial charge in [-0.2, -0.15) is 0 Å². The number of amides is 1. The molecule has 0 aliphatic carbocycles. The van der Waals surface area contributed by atoms with E-state index >= 15 is 0 Å². The summed E-state index contributed by atoms with van der Waals surface area (Å²) in [5.41, 5.74) is 1.21. The molecule has 1 unspecified atom stereocenters. The third-order valence-electron chi connectivity index (χ3n) is 4.72. The number of rotatable bonds is 3. The zero-order valence-electron chi connectivity index (χ0n) is 13.0. The molecule has 0 bridgehead atoms. The van der Waals surface area contributed by atoms with Crippen LogP contribution < -0.4 is 0 Å². The lowest BCUT2D eigenvalue weighted by Crippen LogP contribution is -2.45. The molecule has 3 nitrogen and oxygen atoms in total. The van der Waals surface area contributed by atoms with Crippen molar-refractivity contribution in [2.24, 2.45) is 5.92 Å². The Bertz CT molecular complexity index is 571. The number of carbonyl (C=O) groups is 1. The first-order chi connectivity index (χ1) is 10.9. The molecule has 2 fully saturated rings. The summed E-state index contributed by atoms with van der Waals surface area (Å²) >= 11 is 3.47. The van der Waals surface area contributed by atoms with Crippen LogP contribution in [-0.4, -0.2) is 47.8 Å². The monoisotopic (exact) mass is 386 g/mol. The highest BCUT2D eigenvalue weighted by atomic mass is 79.9. The number of alkyl halides is 2. The SMILES string of the molecule is O=C(C1CCN(Cc2cccc(Br)c2)C1)N1CCC(F)(F)CC1. The van der Waals surface area contributed by atoms with Crippen molar-refractivity contribution < 1.29 is 13.6 Å². The molecule has 1 amide bonds. The third-order valence-corrected chi connectivity index (χ3v) is 5.22. The molecule has 0 aromatic heterocycles. The maximum absolute atomic E-state index is 13.2. The van der Waals surface area contributed by atoms with Gasteiger partial charge in [-0.15, -0.1) is 0 Å². The molecule has 6 heteroatoms. The van der Waals surface area contributed by atoms with E-state index in [1.54, 1.807) is 4.90 Å². The van der Waals surface area contributed by atoms with Crippen LogP contribution in [0, 0.1) is 5.92 Å². The van der Waals surface area contributed by atoms with Crippen LogP contribution in [0.25, 0.3) is 0 Å². The van der Waals surface area contributed by atoms with Gasteiger partial charge in [0.2, 0.25) is 5.91 Å². The smallest absolute Gasteiger partial charge is 0.251 e. The summed E-state index contributed by atoms with van der Waals surface area (Å²) in [5.74, 6) is -2.59. The number of hydrogen-bond acceptors (Lipinski definition) is 2. The van der Waals surface area contributed by atoms with Gasteiger partial charge in [0.15, 0.2) is 0 Å². The standard InChI is InChI=1S/C17H21BrF2N2O/c18-15-3-1-2-13(10-15)11-21-7-4-14(12-21)16(23)22-8-5-17(19,20)6-9-22/h1-3,10,14H,4-9,11-12H2. The summed E-state index contributed by atoms with van der Waals surface area (Å²) in [4.78, 5) is 16.4. The Morgan fingerprint density at radius 2 is 2.00 bits per heavy atom. The van der Waals surface area contributed by atoms with Gasteiger partial charge in [0.25, 0.3) is 5.92 Å². The lowest BCUT2D eigenvalue weighted by atomic mass is 10.0. The fourth-order valence-corrected chi connectivity index (χ4v) is 3.83. The van der Waals surface area contributed by atoms with E-state index in [4.69, 9.17) is 0 Å². The van der Waals surface area contributed by atoms with Crippen molar-refractivity contribution in [3.05, 3.63) is 34.3 Å². The number of benzene rings is 1. The topological polar surface area (TPSA) is 23.6 Å². The Balaban J connectivity index is 1.52. The van der Waals surface area contributed by atoms with Crippen LogP contribution in [0.2, 0.25) is 0 Å². The van der Waals surface area contributed by atoms with Gasteiger partial charge in [0, 0.05) is 43.5 Å².